The molecule has 1 aromatic rings. The predicted octanol–water partition coefficient (Wildman–Crippen LogP) is 3.92. The van der Waals surface area contributed by atoms with Crippen molar-refractivity contribution in [2.45, 2.75) is 20.8 Å². The molecule has 0 N–H and O–H groups in total. The van der Waals surface area contributed by atoms with Gasteiger partial charge in [-0.1, -0.05) is 29.8 Å². The highest BCUT2D eigenvalue weighted by Gasteiger charge is 1.92. The van der Waals surface area contributed by atoms with Crippen LogP contribution in [0.3, 0.4) is 0 Å². The van der Waals surface area contributed by atoms with E-state index < -0.39 is 0 Å². The van der Waals surface area contributed by atoms with Crippen LogP contribution < -0.4 is 0 Å². The maximum absolute atomic E-state index is 12.4. The molecule has 0 aliphatic carbocycles. The van der Waals surface area contributed by atoms with E-state index in [1.54, 1.807) is 0 Å². The van der Waals surface area contributed by atoms with E-state index in [-0.39, 0.29) is 5.82 Å². The molecule has 0 fully saturated rings. The molecule has 0 spiro atoms. The van der Waals surface area contributed by atoms with Gasteiger partial charge in [-0.15, -0.1) is 0 Å². The summed E-state index contributed by atoms with van der Waals surface area (Å²) in [4.78, 5) is 0. The molecule has 0 nitrogen and oxygen atoms in total. The lowest BCUT2D eigenvalue weighted by Crippen LogP contribution is -1.75. The molecule has 1 rings (SSSR count). The first-order chi connectivity index (χ1) is 5.18. The fraction of sp³-hybridized carbons (Fsp3) is 0.333. The van der Waals surface area contributed by atoms with Crippen LogP contribution in [0.15, 0.2) is 22.7 Å². The fourth-order valence-electron chi connectivity index (χ4n) is 0.692. The summed E-state index contributed by atoms with van der Waals surface area (Å²) in [5.74, 6) is -0.193. The van der Waals surface area contributed by atoms with Crippen molar-refractivity contribution >= 4 is 15.9 Å². The minimum Gasteiger partial charge on any atom is -0.207 e. The lowest BCUT2D eigenvalue weighted by Gasteiger charge is -1.92. The smallest absolute Gasteiger partial charge is 0.124 e. The Labute approximate surface area is 75.6 Å². The van der Waals surface area contributed by atoms with Crippen LogP contribution in [0.1, 0.15) is 19.4 Å². The first-order valence-corrected chi connectivity index (χ1v) is 4.40. The van der Waals surface area contributed by atoms with E-state index in [2.05, 4.69) is 15.9 Å². The Morgan fingerprint density at radius 1 is 1.18 bits per heavy atom. The fourth-order valence-corrected chi connectivity index (χ4v) is 1.27. The summed E-state index contributed by atoms with van der Waals surface area (Å²) < 4.78 is 13.2. The standard InChI is InChI=1S/C7H6BrF.C2H6/c1-5-2-6(8)4-7(9)3-5;1-2/h2-4H,1H3;1-2H3. The Hall–Kier alpha value is -0.370. The van der Waals surface area contributed by atoms with Crippen molar-refractivity contribution in [1.29, 1.82) is 0 Å². The summed E-state index contributed by atoms with van der Waals surface area (Å²) in [5, 5.41) is 0. The molecule has 0 bridgehead atoms. The zero-order valence-corrected chi connectivity index (χ0v) is 8.57. The zero-order valence-electron chi connectivity index (χ0n) is 6.99. The highest BCUT2D eigenvalue weighted by atomic mass is 79.9. The van der Waals surface area contributed by atoms with E-state index in [1.165, 1.54) is 12.1 Å². The quantitative estimate of drug-likeness (QED) is 0.620. The van der Waals surface area contributed by atoms with Gasteiger partial charge in [-0.25, -0.2) is 4.39 Å². The molecule has 1 aromatic carbocycles. The number of hydrogen-bond donors (Lipinski definition) is 0. The van der Waals surface area contributed by atoms with Crippen LogP contribution in [0, 0.1) is 12.7 Å². The molecule has 0 radical (unpaired) electrons. The van der Waals surface area contributed by atoms with Crippen LogP contribution in [0.2, 0.25) is 0 Å². The van der Waals surface area contributed by atoms with Gasteiger partial charge < -0.3 is 0 Å². The van der Waals surface area contributed by atoms with Crippen LogP contribution in [0.5, 0.6) is 0 Å². The largest absolute Gasteiger partial charge is 0.207 e. The van der Waals surface area contributed by atoms with Gasteiger partial charge in [-0.2, -0.15) is 0 Å². The van der Waals surface area contributed by atoms with Crippen molar-refractivity contribution in [3.05, 3.63) is 34.1 Å². The van der Waals surface area contributed by atoms with Crippen molar-refractivity contribution in [2.75, 3.05) is 0 Å². The van der Waals surface area contributed by atoms with E-state index in [0.29, 0.717) is 0 Å². The number of benzene rings is 1. The Kier molecular flexibility index (Phi) is 5.12. The third kappa shape index (κ3) is 4.14. The Morgan fingerprint density at radius 3 is 2.09 bits per heavy atom. The molecule has 0 aliphatic rings. The van der Waals surface area contributed by atoms with E-state index in [4.69, 9.17) is 0 Å². The predicted molar refractivity (Wildman–Crippen MR) is 50.2 cm³/mol. The number of aryl methyl sites for hydroxylation is 1. The van der Waals surface area contributed by atoms with Gasteiger partial charge in [0, 0.05) is 4.47 Å². The van der Waals surface area contributed by atoms with Crippen LogP contribution in [-0.4, -0.2) is 0 Å². The van der Waals surface area contributed by atoms with Crippen molar-refractivity contribution in [3.8, 4) is 0 Å². The van der Waals surface area contributed by atoms with Gasteiger partial charge in [0.25, 0.3) is 0 Å². The first-order valence-electron chi connectivity index (χ1n) is 3.61. The van der Waals surface area contributed by atoms with Gasteiger partial charge in [-0.05, 0) is 30.7 Å². The molecule has 0 aromatic heterocycles. The second-order valence-electron chi connectivity index (χ2n) is 1.95. The number of rotatable bonds is 0. The summed E-state index contributed by atoms with van der Waals surface area (Å²) in [6.45, 7) is 5.86. The molecule has 0 heterocycles. The van der Waals surface area contributed by atoms with E-state index in [0.717, 1.165) is 10.0 Å². The molecule has 0 atom stereocenters. The molecular weight excluding hydrogens is 207 g/mol. The van der Waals surface area contributed by atoms with Gasteiger partial charge in [0.2, 0.25) is 0 Å². The second-order valence-corrected chi connectivity index (χ2v) is 2.86. The third-order valence-corrected chi connectivity index (χ3v) is 1.46. The van der Waals surface area contributed by atoms with Gasteiger partial charge in [0.05, 0.1) is 0 Å². The monoisotopic (exact) mass is 218 g/mol. The Morgan fingerprint density at radius 2 is 1.73 bits per heavy atom. The summed E-state index contributed by atoms with van der Waals surface area (Å²) in [6, 6.07) is 4.79. The van der Waals surface area contributed by atoms with Crippen molar-refractivity contribution in [2.24, 2.45) is 0 Å². The average molecular weight is 219 g/mol. The zero-order chi connectivity index (χ0) is 8.85. The highest BCUT2D eigenvalue weighted by molar-refractivity contribution is 9.10. The number of halogens is 2. The molecule has 62 valence electrons. The van der Waals surface area contributed by atoms with Gasteiger partial charge in [0.15, 0.2) is 0 Å². The minimum absolute atomic E-state index is 0.193. The Bertz CT molecular complexity index is 170. The SMILES string of the molecule is CC.Cc1cc(F)cc(Br)c1. The summed E-state index contributed by atoms with van der Waals surface area (Å²) in [6.07, 6.45) is 0. The van der Waals surface area contributed by atoms with E-state index in [1.807, 2.05) is 26.8 Å². The van der Waals surface area contributed by atoms with Crippen molar-refractivity contribution in [1.82, 2.24) is 0 Å². The third-order valence-electron chi connectivity index (χ3n) is 1.01. The Balaban J connectivity index is 0.000000461. The van der Waals surface area contributed by atoms with Crippen LogP contribution in [0.4, 0.5) is 4.39 Å². The molecule has 0 saturated heterocycles. The van der Waals surface area contributed by atoms with Crippen LogP contribution in [0.25, 0.3) is 0 Å². The van der Waals surface area contributed by atoms with Crippen molar-refractivity contribution in [3.63, 3.8) is 0 Å². The van der Waals surface area contributed by atoms with E-state index in [9.17, 15) is 4.39 Å². The summed E-state index contributed by atoms with van der Waals surface area (Å²) in [5.41, 5.74) is 0.932. The van der Waals surface area contributed by atoms with Gasteiger partial charge in [-0.3, -0.25) is 0 Å². The molecular formula is C9H12BrF. The minimum atomic E-state index is -0.193. The summed E-state index contributed by atoms with van der Waals surface area (Å²) >= 11 is 3.17. The van der Waals surface area contributed by atoms with Crippen LogP contribution in [-0.2, 0) is 0 Å². The molecule has 11 heavy (non-hydrogen) atoms. The highest BCUT2D eigenvalue weighted by Crippen LogP contribution is 2.13. The van der Waals surface area contributed by atoms with E-state index >= 15 is 0 Å². The molecule has 0 unspecified atom stereocenters. The summed E-state index contributed by atoms with van der Waals surface area (Å²) in [7, 11) is 0. The van der Waals surface area contributed by atoms with Gasteiger partial charge >= 0.3 is 0 Å². The van der Waals surface area contributed by atoms with Crippen molar-refractivity contribution < 1.29 is 4.39 Å². The first kappa shape index (κ1) is 10.6. The molecule has 0 amide bonds. The second kappa shape index (κ2) is 5.30. The maximum Gasteiger partial charge on any atom is 0.124 e. The number of hydrogen-bond acceptors (Lipinski definition) is 0. The van der Waals surface area contributed by atoms with Gasteiger partial charge in [0.1, 0.15) is 5.82 Å². The van der Waals surface area contributed by atoms with Crippen LogP contribution >= 0.6 is 15.9 Å². The maximum atomic E-state index is 12.4. The molecule has 0 saturated carbocycles. The lowest BCUT2D eigenvalue weighted by atomic mass is 10.2. The lowest BCUT2D eigenvalue weighted by molar-refractivity contribution is 0.626. The average Bonchev–Trinajstić information content (AvgIpc) is 1.88. The molecule has 0 aliphatic heterocycles. The molecule has 2 heteroatoms. The normalized spacial score (nSPS) is 8.45. The topological polar surface area (TPSA) is 0 Å².